The zero-order chi connectivity index (χ0) is 12.5. The van der Waals surface area contributed by atoms with Gasteiger partial charge in [-0.1, -0.05) is 18.2 Å². The molecule has 94 valence electrons. The Morgan fingerprint density at radius 2 is 2.29 bits per heavy atom. The Bertz CT molecular complexity index is 335. The molecular weight excluding hydrogens is 210 g/mol. The first kappa shape index (κ1) is 13.8. The fraction of sp³-hybridized carbons (Fsp3) is 0.467. The molecule has 0 aliphatic heterocycles. The van der Waals surface area contributed by atoms with Crippen LogP contribution in [0.25, 0.3) is 0 Å². The van der Waals surface area contributed by atoms with Crippen LogP contribution in [0, 0.1) is 0 Å². The summed E-state index contributed by atoms with van der Waals surface area (Å²) in [7, 11) is 1.70. The third-order valence-corrected chi connectivity index (χ3v) is 2.84. The molecule has 0 saturated carbocycles. The zero-order valence-electron chi connectivity index (χ0n) is 10.9. The van der Waals surface area contributed by atoms with E-state index in [1.807, 2.05) is 18.2 Å². The van der Waals surface area contributed by atoms with Crippen molar-refractivity contribution in [2.24, 2.45) is 0 Å². The highest BCUT2D eigenvalue weighted by Gasteiger charge is 2.00. The number of ether oxygens (including phenoxy) is 1. The Hall–Kier alpha value is -1.28. The maximum Gasteiger partial charge on any atom is 0.119 e. The van der Waals surface area contributed by atoms with Crippen molar-refractivity contribution in [2.75, 3.05) is 13.7 Å². The lowest BCUT2D eigenvalue weighted by Gasteiger charge is -2.12. The van der Waals surface area contributed by atoms with Gasteiger partial charge in [0.15, 0.2) is 0 Å². The molecule has 1 N–H and O–H groups in total. The highest BCUT2D eigenvalue weighted by Crippen LogP contribution is 2.12. The highest BCUT2D eigenvalue weighted by atomic mass is 16.5. The van der Waals surface area contributed by atoms with Crippen molar-refractivity contribution in [2.45, 2.75) is 32.2 Å². The smallest absolute Gasteiger partial charge is 0.119 e. The number of nitrogens with one attached hydrogen (secondary N) is 1. The summed E-state index contributed by atoms with van der Waals surface area (Å²) in [5, 5.41) is 3.51. The summed E-state index contributed by atoms with van der Waals surface area (Å²) in [5.41, 5.74) is 1.31. The molecule has 1 aromatic carbocycles. The van der Waals surface area contributed by atoms with Gasteiger partial charge in [-0.3, -0.25) is 0 Å². The summed E-state index contributed by atoms with van der Waals surface area (Å²) in [6, 6.07) is 8.80. The summed E-state index contributed by atoms with van der Waals surface area (Å²) < 4.78 is 5.20. The van der Waals surface area contributed by atoms with E-state index in [2.05, 4.69) is 31.0 Å². The minimum Gasteiger partial charge on any atom is -0.497 e. The largest absolute Gasteiger partial charge is 0.497 e. The van der Waals surface area contributed by atoms with Crippen LogP contribution in [-0.4, -0.2) is 19.7 Å². The number of hydrogen-bond acceptors (Lipinski definition) is 2. The number of rotatable bonds is 8. The lowest BCUT2D eigenvalue weighted by molar-refractivity contribution is 0.414. The van der Waals surface area contributed by atoms with Gasteiger partial charge in [0.2, 0.25) is 0 Å². The Labute approximate surface area is 105 Å². The molecule has 0 radical (unpaired) electrons. The molecule has 0 saturated heterocycles. The number of methoxy groups -OCH3 is 1. The van der Waals surface area contributed by atoms with E-state index in [-0.39, 0.29) is 0 Å². The van der Waals surface area contributed by atoms with Gasteiger partial charge in [-0.2, -0.15) is 0 Å². The second kappa shape index (κ2) is 7.91. The molecule has 1 rings (SSSR count). The van der Waals surface area contributed by atoms with Crippen LogP contribution in [0.4, 0.5) is 0 Å². The minimum atomic E-state index is 0.554. The fourth-order valence-electron chi connectivity index (χ4n) is 1.76. The number of allylic oxidation sites excluding steroid dienone is 1. The maximum absolute atomic E-state index is 5.20. The van der Waals surface area contributed by atoms with Gasteiger partial charge in [0.25, 0.3) is 0 Å². The van der Waals surface area contributed by atoms with E-state index in [9.17, 15) is 0 Å². The van der Waals surface area contributed by atoms with E-state index in [1.165, 1.54) is 5.56 Å². The van der Waals surface area contributed by atoms with Crippen LogP contribution >= 0.6 is 0 Å². The molecule has 1 aromatic rings. The van der Waals surface area contributed by atoms with E-state index in [1.54, 1.807) is 7.11 Å². The van der Waals surface area contributed by atoms with Gasteiger partial charge in [0, 0.05) is 6.04 Å². The molecule has 0 heterocycles. The zero-order valence-corrected chi connectivity index (χ0v) is 10.9. The molecule has 0 aliphatic carbocycles. The van der Waals surface area contributed by atoms with E-state index in [0.29, 0.717) is 6.04 Å². The van der Waals surface area contributed by atoms with Crippen LogP contribution in [0.1, 0.15) is 25.3 Å². The van der Waals surface area contributed by atoms with Crippen LogP contribution in [-0.2, 0) is 6.42 Å². The number of benzene rings is 1. The van der Waals surface area contributed by atoms with Gasteiger partial charge < -0.3 is 10.1 Å². The van der Waals surface area contributed by atoms with E-state index in [0.717, 1.165) is 31.6 Å². The van der Waals surface area contributed by atoms with Crippen LogP contribution in [0.3, 0.4) is 0 Å². The van der Waals surface area contributed by atoms with Gasteiger partial charge in [-0.05, 0) is 50.4 Å². The topological polar surface area (TPSA) is 21.3 Å². The Balaban J connectivity index is 2.27. The van der Waals surface area contributed by atoms with Crippen molar-refractivity contribution in [1.29, 1.82) is 0 Å². The highest BCUT2D eigenvalue weighted by molar-refractivity contribution is 5.28. The third-order valence-electron chi connectivity index (χ3n) is 2.84. The van der Waals surface area contributed by atoms with Crippen molar-refractivity contribution in [3.05, 3.63) is 42.5 Å². The van der Waals surface area contributed by atoms with Crippen molar-refractivity contribution >= 4 is 0 Å². The molecule has 17 heavy (non-hydrogen) atoms. The molecule has 2 heteroatoms. The summed E-state index contributed by atoms with van der Waals surface area (Å²) >= 11 is 0. The van der Waals surface area contributed by atoms with Crippen molar-refractivity contribution in [1.82, 2.24) is 5.32 Å². The van der Waals surface area contributed by atoms with Crippen molar-refractivity contribution in [3.63, 3.8) is 0 Å². The molecule has 2 nitrogen and oxygen atoms in total. The maximum atomic E-state index is 5.20. The first-order valence-corrected chi connectivity index (χ1v) is 6.23. The lowest BCUT2D eigenvalue weighted by atomic mass is 10.1. The lowest BCUT2D eigenvalue weighted by Crippen LogP contribution is -2.27. The summed E-state index contributed by atoms with van der Waals surface area (Å²) in [5.74, 6) is 0.933. The first-order chi connectivity index (χ1) is 8.26. The molecular formula is C15H23NO. The SMILES string of the molecule is C=CCCC(C)NCCc1cccc(OC)c1. The fourth-order valence-corrected chi connectivity index (χ4v) is 1.76. The Morgan fingerprint density at radius 3 is 3.00 bits per heavy atom. The second-order valence-corrected chi connectivity index (χ2v) is 4.32. The van der Waals surface area contributed by atoms with Gasteiger partial charge >= 0.3 is 0 Å². The summed E-state index contributed by atoms with van der Waals surface area (Å²) in [6.07, 6.45) is 5.24. The van der Waals surface area contributed by atoms with Crippen LogP contribution < -0.4 is 10.1 Å². The number of hydrogen-bond donors (Lipinski definition) is 1. The standard InChI is InChI=1S/C15H23NO/c1-4-5-7-13(2)16-11-10-14-8-6-9-15(12-14)17-3/h4,6,8-9,12-13,16H,1,5,7,10-11H2,2-3H3. The van der Waals surface area contributed by atoms with E-state index in [4.69, 9.17) is 4.74 Å². The van der Waals surface area contributed by atoms with Gasteiger partial charge in [0.05, 0.1) is 7.11 Å². The van der Waals surface area contributed by atoms with E-state index >= 15 is 0 Å². The van der Waals surface area contributed by atoms with E-state index < -0.39 is 0 Å². The van der Waals surface area contributed by atoms with Gasteiger partial charge in [-0.15, -0.1) is 6.58 Å². The predicted octanol–water partition coefficient (Wildman–Crippen LogP) is 3.18. The predicted molar refractivity (Wildman–Crippen MR) is 73.6 cm³/mol. The van der Waals surface area contributed by atoms with Crippen LogP contribution in [0.15, 0.2) is 36.9 Å². The van der Waals surface area contributed by atoms with Crippen LogP contribution in [0.2, 0.25) is 0 Å². The summed E-state index contributed by atoms with van der Waals surface area (Å²) in [4.78, 5) is 0. The molecule has 1 atom stereocenters. The van der Waals surface area contributed by atoms with Crippen molar-refractivity contribution in [3.8, 4) is 5.75 Å². The molecule has 0 fully saturated rings. The third kappa shape index (κ3) is 5.55. The average Bonchev–Trinajstić information content (AvgIpc) is 2.36. The quantitative estimate of drug-likeness (QED) is 0.696. The normalized spacial score (nSPS) is 12.1. The molecule has 0 aliphatic rings. The Kier molecular flexibility index (Phi) is 6.41. The minimum absolute atomic E-state index is 0.554. The summed E-state index contributed by atoms with van der Waals surface area (Å²) in [6.45, 7) is 6.96. The molecule has 0 aromatic heterocycles. The van der Waals surface area contributed by atoms with Gasteiger partial charge in [-0.25, -0.2) is 0 Å². The molecule has 0 bridgehead atoms. The molecule has 0 spiro atoms. The second-order valence-electron chi connectivity index (χ2n) is 4.32. The Morgan fingerprint density at radius 1 is 1.47 bits per heavy atom. The molecule has 1 unspecified atom stereocenters. The van der Waals surface area contributed by atoms with Gasteiger partial charge in [0.1, 0.15) is 5.75 Å². The monoisotopic (exact) mass is 233 g/mol. The molecule has 0 amide bonds. The van der Waals surface area contributed by atoms with Crippen LogP contribution in [0.5, 0.6) is 5.75 Å². The average molecular weight is 233 g/mol. The first-order valence-electron chi connectivity index (χ1n) is 6.23. The van der Waals surface area contributed by atoms with Crippen molar-refractivity contribution < 1.29 is 4.74 Å².